The van der Waals surface area contributed by atoms with Crippen LogP contribution < -0.4 is 0 Å². The largest absolute Gasteiger partial charge is 0.475 e. The number of nitrogens with zero attached hydrogens (tertiary/aromatic N) is 4. The van der Waals surface area contributed by atoms with Gasteiger partial charge in [-0.3, -0.25) is 0 Å². The van der Waals surface area contributed by atoms with Gasteiger partial charge in [0.1, 0.15) is 18.2 Å². The second-order valence-electron chi connectivity index (χ2n) is 3.09. The SMILES string of the molecule is N#Cc1ccc(F)cc1-n1cnc(C(=O)O)n1. The molecule has 1 heterocycles. The average Bonchev–Trinajstić information content (AvgIpc) is 2.78. The number of hydrogen-bond acceptors (Lipinski definition) is 4. The summed E-state index contributed by atoms with van der Waals surface area (Å²) in [6.45, 7) is 0. The molecule has 2 aromatic rings. The van der Waals surface area contributed by atoms with E-state index < -0.39 is 17.6 Å². The summed E-state index contributed by atoms with van der Waals surface area (Å²) < 4.78 is 14.1. The molecular formula is C10H5FN4O2. The maximum absolute atomic E-state index is 13.0. The quantitative estimate of drug-likeness (QED) is 0.833. The summed E-state index contributed by atoms with van der Waals surface area (Å²) in [6, 6.07) is 5.36. The van der Waals surface area contributed by atoms with Crippen LogP contribution in [0.2, 0.25) is 0 Å². The minimum Gasteiger partial charge on any atom is -0.475 e. The molecular weight excluding hydrogens is 227 g/mol. The maximum Gasteiger partial charge on any atom is 0.375 e. The van der Waals surface area contributed by atoms with Gasteiger partial charge in [-0.05, 0) is 12.1 Å². The van der Waals surface area contributed by atoms with E-state index in [9.17, 15) is 9.18 Å². The van der Waals surface area contributed by atoms with Crippen molar-refractivity contribution in [1.29, 1.82) is 5.26 Å². The summed E-state index contributed by atoms with van der Waals surface area (Å²) >= 11 is 0. The van der Waals surface area contributed by atoms with Gasteiger partial charge in [0.05, 0.1) is 11.3 Å². The van der Waals surface area contributed by atoms with Crippen molar-refractivity contribution >= 4 is 5.97 Å². The van der Waals surface area contributed by atoms with Crippen LogP contribution in [0.15, 0.2) is 24.5 Å². The summed E-state index contributed by atoms with van der Waals surface area (Å²) in [5.74, 6) is -2.26. The van der Waals surface area contributed by atoms with E-state index in [1.54, 1.807) is 0 Å². The van der Waals surface area contributed by atoms with Crippen LogP contribution in [0.1, 0.15) is 16.2 Å². The van der Waals surface area contributed by atoms with Crippen LogP contribution in [-0.4, -0.2) is 25.8 Å². The van der Waals surface area contributed by atoms with Crippen molar-refractivity contribution in [2.75, 3.05) is 0 Å². The number of benzene rings is 1. The molecule has 1 aromatic carbocycles. The number of halogens is 1. The Labute approximate surface area is 94.6 Å². The summed E-state index contributed by atoms with van der Waals surface area (Å²) in [6.07, 6.45) is 1.11. The molecule has 0 atom stereocenters. The van der Waals surface area contributed by atoms with Gasteiger partial charge in [0, 0.05) is 6.07 Å². The van der Waals surface area contributed by atoms with Crippen molar-refractivity contribution < 1.29 is 14.3 Å². The monoisotopic (exact) mass is 232 g/mol. The lowest BCUT2D eigenvalue weighted by atomic mass is 10.2. The fourth-order valence-electron chi connectivity index (χ4n) is 1.27. The predicted molar refractivity (Wildman–Crippen MR) is 53.0 cm³/mol. The van der Waals surface area contributed by atoms with E-state index >= 15 is 0 Å². The summed E-state index contributed by atoms with van der Waals surface area (Å²) in [5, 5.41) is 21.1. The lowest BCUT2D eigenvalue weighted by molar-refractivity contribution is 0.0683. The van der Waals surface area contributed by atoms with E-state index in [-0.39, 0.29) is 11.3 Å². The summed E-state index contributed by atoms with van der Waals surface area (Å²) in [4.78, 5) is 14.1. The normalized spacial score (nSPS) is 9.88. The molecule has 6 nitrogen and oxygen atoms in total. The van der Waals surface area contributed by atoms with Crippen molar-refractivity contribution in [3.63, 3.8) is 0 Å². The van der Waals surface area contributed by atoms with Crippen LogP contribution in [-0.2, 0) is 0 Å². The number of carboxylic acids is 1. The van der Waals surface area contributed by atoms with Crippen LogP contribution in [0.5, 0.6) is 0 Å². The van der Waals surface area contributed by atoms with E-state index in [2.05, 4.69) is 10.1 Å². The molecule has 17 heavy (non-hydrogen) atoms. The number of carboxylic acid groups (broad SMARTS) is 1. The minimum absolute atomic E-state index is 0.146. The standard InChI is InChI=1S/C10H5FN4O2/c11-7-2-1-6(4-12)8(3-7)15-5-13-9(14-15)10(16)17/h1-3,5H,(H,16,17). The van der Waals surface area contributed by atoms with Crippen LogP contribution in [0.25, 0.3) is 5.69 Å². The third-order valence-corrected chi connectivity index (χ3v) is 2.01. The second kappa shape index (κ2) is 4.02. The van der Waals surface area contributed by atoms with Gasteiger partial charge in [-0.1, -0.05) is 0 Å². The zero-order valence-corrected chi connectivity index (χ0v) is 8.33. The molecule has 0 spiro atoms. The van der Waals surface area contributed by atoms with Gasteiger partial charge < -0.3 is 5.11 Å². The van der Waals surface area contributed by atoms with E-state index in [1.165, 1.54) is 6.07 Å². The Kier molecular flexibility index (Phi) is 2.54. The highest BCUT2D eigenvalue weighted by atomic mass is 19.1. The van der Waals surface area contributed by atoms with Crippen LogP contribution in [0, 0.1) is 17.1 Å². The molecule has 0 aliphatic heterocycles. The van der Waals surface area contributed by atoms with Crippen molar-refractivity contribution in [2.45, 2.75) is 0 Å². The fraction of sp³-hybridized carbons (Fsp3) is 0. The first kappa shape index (κ1) is 10.8. The highest BCUT2D eigenvalue weighted by molar-refractivity contribution is 5.82. The fourth-order valence-corrected chi connectivity index (χ4v) is 1.27. The number of hydrogen-bond donors (Lipinski definition) is 1. The lowest BCUT2D eigenvalue weighted by Crippen LogP contribution is -2.03. The molecule has 0 amide bonds. The molecule has 0 unspecified atom stereocenters. The molecule has 7 heteroatoms. The van der Waals surface area contributed by atoms with Crippen LogP contribution in [0.4, 0.5) is 4.39 Å². The molecule has 2 rings (SSSR count). The van der Waals surface area contributed by atoms with E-state index in [0.29, 0.717) is 0 Å². The van der Waals surface area contributed by atoms with Crippen molar-refractivity contribution in [3.05, 3.63) is 41.7 Å². The van der Waals surface area contributed by atoms with Crippen LogP contribution >= 0.6 is 0 Å². The number of aromatic carboxylic acids is 1. The van der Waals surface area contributed by atoms with Crippen molar-refractivity contribution in [2.24, 2.45) is 0 Å². The van der Waals surface area contributed by atoms with Gasteiger partial charge in [0.15, 0.2) is 0 Å². The molecule has 1 N–H and O–H groups in total. The molecule has 84 valence electrons. The number of rotatable bonds is 2. The van der Waals surface area contributed by atoms with E-state index in [1.807, 2.05) is 6.07 Å². The van der Waals surface area contributed by atoms with Gasteiger partial charge in [-0.15, -0.1) is 5.10 Å². The van der Waals surface area contributed by atoms with Gasteiger partial charge in [0.25, 0.3) is 5.82 Å². The average molecular weight is 232 g/mol. The van der Waals surface area contributed by atoms with Gasteiger partial charge in [-0.25, -0.2) is 18.9 Å². The summed E-state index contributed by atoms with van der Waals surface area (Å²) in [7, 11) is 0. The number of aromatic nitrogens is 3. The molecule has 0 radical (unpaired) electrons. The summed E-state index contributed by atoms with van der Waals surface area (Å²) in [5.41, 5.74) is 0.320. The predicted octanol–water partition coefficient (Wildman–Crippen LogP) is 0.976. The Morgan fingerprint density at radius 2 is 2.29 bits per heavy atom. The smallest absolute Gasteiger partial charge is 0.375 e. The molecule has 0 saturated carbocycles. The molecule has 0 aliphatic rings. The maximum atomic E-state index is 13.0. The van der Waals surface area contributed by atoms with Crippen molar-refractivity contribution in [1.82, 2.24) is 14.8 Å². The Balaban J connectivity index is 2.56. The Morgan fingerprint density at radius 3 is 2.88 bits per heavy atom. The second-order valence-corrected chi connectivity index (χ2v) is 3.09. The molecule has 1 aromatic heterocycles. The highest BCUT2D eigenvalue weighted by Gasteiger charge is 2.12. The Hall–Kier alpha value is -2.75. The highest BCUT2D eigenvalue weighted by Crippen LogP contribution is 2.14. The first-order valence-corrected chi connectivity index (χ1v) is 4.47. The lowest BCUT2D eigenvalue weighted by Gasteiger charge is -2.02. The van der Waals surface area contributed by atoms with Gasteiger partial charge >= 0.3 is 5.97 Å². The third kappa shape index (κ3) is 1.96. The Morgan fingerprint density at radius 1 is 1.53 bits per heavy atom. The molecule has 0 fully saturated rings. The Bertz CT molecular complexity index is 629. The van der Waals surface area contributed by atoms with E-state index in [0.717, 1.165) is 23.1 Å². The molecule has 0 saturated heterocycles. The zero-order valence-electron chi connectivity index (χ0n) is 8.33. The topological polar surface area (TPSA) is 91.8 Å². The molecule has 0 bridgehead atoms. The zero-order chi connectivity index (χ0) is 12.4. The van der Waals surface area contributed by atoms with E-state index in [4.69, 9.17) is 10.4 Å². The number of nitriles is 1. The first-order valence-electron chi connectivity index (χ1n) is 4.47. The first-order chi connectivity index (χ1) is 8.11. The molecule has 0 aliphatic carbocycles. The number of carbonyl (C=O) groups is 1. The third-order valence-electron chi connectivity index (χ3n) is 2.01. The van der Waals surface area contributed by atoms with Crippen LogP contribution in [0.3, 0.4) is 0 Å². The minimum atomic E-state index is -1.29. The van der Waals surface area contributed by atoms with Gasteiger partial charge in [0.2, 0.25) is 0 Å². The van der Waals surface area contributed by atoms with Gasteiger partial charge in [-0.2, -0.15) is 5.26 Å². The van der Waals surface area contributed by atoms with Crippen molar-refractivity contribution in [3.8, 4) is 11.8 Å².